The Morgan fingerprint density at radius 2 is 1.84 bits per heavy atom. The van der Waals surface area contributed by atoms with Gasteiger partial charge in [0.2, 0.25) is 11.8 Å². The second-order valence-corrected chi connectivity index (χ2v) is 7.56. The molecular weight excluding hydrogens is 360 g/mol. The summed E-state index contributed by atoms with van der Waals surface area (Å²) >= 11 is 0. The Balaban J connectivity index is 2.17. The minimum Gasteiger partial charge on any atom is -0.465 e. The van der Waals surface area contributed by atoms with Gasteiger partial charge in [0, 0.05) is 12.5 Å². The molecule has 1 aromatic carbocycles. The fraction of sp³-hybridized carbons (Fsp3) is 0.400. The number of nitrogens with zero attached hydrogens (tertiary/aromatic N) is 1. The van der Waals surface area contributed by atoms with Gasteiger partial charge in [-0.25, -0.2) is 17.2 Å². The van der Waals surface area contributed by atoms with Gasteiger partial charge < -0.3 is 4.74 Å². The first-order valence-corrected chi connectivity index (χ1v) is 9.14. The molecule has 1 aliphatic heterocycles. The van der Waals surface area contributed by atoms with Crippen LogP contribution >= 0.6 is 0 Å². The number of rotatable bonds is 6. The molecule has 1 unspecified atom stereocenters. The van der Waals surface area contributed by atoms with E-state index in [4.69, 9.17) is 0 Å². The Morgan fingerprint density at radius 3 is 2.40 bits per heavy atom. The molecule has 1 aliphatic rings. The normalized spacial score (nSPS) is 17.9. The van der Waals surface area contributed by atoms with Crippen LogP contribution in [0.5, 0.6) is 0 Å². The third kappa shape index (κ3) is 4.59. The van der Waals surface area contributed by atoms with E-state index in [1.165, 1.54) is 6.92 Å². The van der Waals surface area contributed by atoms with Crippen molar-refractivity contribution in [3.05, 3.63) is 29.8 Å². The quantitative estimate of drug-likeness (QED) is 0.539. The maximum Gasteiger partial charge on any atom is 0.321 e. The predicted molar refractivity (Wildman–Crippen MR) is 82.2 cm³/mol. The van der Waals surface area contributed by atoms with Crippen molar-refractivity contribution < 1.29 is 36.3 Å². The molecule has 0 radical (unpaired) electrons. The summed E-state index contributed by atoms with van der Waals surface area (Å²) in [5.74, 6) is -7.43. The predicted octanol–water partition coefficient (Wildman–Crippen LogP) is 0.822. The molecule has 10 heteroatoms. The lowest BCUT2D eigenvalue weighted by molar-refractivity contribution is -0.140. The largest absolute Gasteiger partial charge is 0.465 e. The van der Waals surface area contributed by atoms with Crippen LogP contribution < -0.4 is 4.90 Å². The van der Waals surface area contributed by atoms with E-state index in [0.717, 1.165) is 12.1 Å². The van der Waals surface area contributed by atoms with E-state index in [2.05, 4.69) is 4.74 Å². The highest BCUT2D eigenvalue weighted by Gasteiger charge is 2.42. The molecule has 1 fully saturated rings. The number of benzene rings is 1. The first-order valence-electron chi connectivity index (χ1n) is 7.32. The molecule has 0 N–H and O–H groups in total. The van der Waals surface area contributed by atoms with Crippen molar-refractivity contribution in [2.24, 2.45) is 5.92 Å². The van der Waals surface area contributed by atoms with E-state index >= 15 is 0 Å². The van der Waals surface area contributed by atoms with E-state index < -0.39 is 63.1 Å². The Labute approximate surface area is 142 Å². The SMILES string of the molecule is CCOC(=O)CS(=O)(=O)CC1CC(=O)N(c2cc(F)cc(F)c2)C1=O. The molecule has 1 heterocycles. The van der Waals surface area contributed by atoms with Crippen molar-refractivity contribution in [2.75, 3.05) is 23.0 Å². The van der Waals surface area contributed by atoms with Crippen LogP contribution in [0.3, 0.4) is 0 Å². The molecule has 1 saturated heterocycles. The van der Waals surface area contributed by atoms with Crippen LogP contribution in [0.15, 0.2) is 18.2 Å². The van der Waals surface area contributed by atoms with Crippen molar-refractivity contribution in [1.82, 2.24) is 0 Å². The maximum atomic E-state index is 13.3. The topological polar surface area (TPSA) is 97.8 Å². The van der Waals surface area contributed by atoms with E-state index in [0.29, 0.717) is 11.0 Å². The van der Waals surface area contributed by atoms with Gasteiger partial charge in [0.15, 0.2) is 9.84 Å². The van der Waals surface area contributed by atoms with Crippen molar-refractivity contribution in [1.29, 1.82) is 0 Å². The molecule has 1 aromatic rings. The van der Waals surface area contributed by atoms with Gasteiger partial charge >= 0.3 is 5.97 Å². The molecular formula is C15H15F2NO6S. The van der Waals surface area contributed by atoms with Crippen LogP contribution in [0, 0.1) is 17.6 Å². The molecule has 7 nitrogen and oxygen atoms in total. The summed E-state index contributed by atoms with van der Waals surface area (Å²) in [6.07, 6.45) is -0.432. The van der Waals surface area contributed by atoms with Gasteiger partial charge in [-0.1, -0.05) is 0 Å². The van der Waals surface area contributed by atoms with E-state index in [-0.39, 0.29) is 12.3 Å². The van der Waals surface area contributed by atoms with Gasteiger partial charge in [0.05, 0.1) is 24.0 Å². The second-order valence-electron chi connectivity index (χ2n) is 5.46. The Hall–Kier alpha value is -2.36. The Bertz CT molecular complexity index is 803. The fourth-order valence-electron chi connectivity index (χ4n) is 2.51. The van der Waals surface area contributed by atoms with Gasteiger partial charge in [0.1, 0.15) is 17.4 Å². The van der Waals surface area contributed by atoms with Crippen LogP contribution in [0.1, 0.15) is 13.3 Å². The number of anilines is 1. The number of amides is 2. The summed E-state index contributed by atoms with van der Waals surface area (Å²) in [5, 5.41) is 0. The Morgan fingerprint density at radius 1 is 1.24 bits per heavy atom. The fourth-order valence-corrected chi connectivity index (χ4v) is 3.95. The standard InChI is InChI=1S/C15H15F2NO6S/c1-2-24-14(20)8-25(22,23)7-9-3-13(19)18(15(9)21)12-5-10(16)4-11(17)6-12/h4-6,9H,2-3,7-8H2,1H3. The molecule has 1 atom stereocenters. The third-order valence-corrected chi connectivity index (χ3v) is 5.03. The summed E-state index contributed by atoms with van der Waals surface area (Å²) in [7, 11) is -3.99. The lowest BCUT2D eigenvalue weighted by Gasteiger charge is -2.15. The highest BCUT2D eigenvalue weighted by atomic mass is 32.2. The number of imide groups is 1. The number of carbonyl (C=O) groups is 3. The number of sulfone groups is 1. The average Bonchev–Trinajstić information content (AvgIpc) is 2.70. The zero-order valence-corrected chi connectivity index (χ0v) is 14.0. The molecule has 0 saturated carbocycles. The molecule has 0 bridgehead atoms. The molecule has 0 aliphatic carbocycles. The van der Waals surface area contributed by atoms with Gasteiger partial charge in [-0.2, -0.15) is 0 Å². The van der Waals surface area contributed by atoms with Crippen molar-refractivity contribution >= 4 is 33.3 Å². The van der Waals surface area contributed by atoms with Crippen LogP contribution in [-0.2, 0) is 29.0 Å². The highest BCUT2D eigenvalue weighted by molar-refractivity contribution is 7.92. The average molecular weight is 375 g/mol. The summed E-state index contributed by atoms with van der Waals surface area (Å²) in [6, 6.07) is 2.18. The minimum atomic E-state index is -3.99. The summed E-state index contributed by atoms with van der Waals surface area (Å²) in [4.78, 5) is 36.2. The lowest BCUT2D eigenvalue weighted by atomic mass is 10.1. The van der Waals surface area contributed by atoms with Crippen LogP contribution in [0.2, 0.25) is 0 Å². The zero-order valence-electron chi connectivity index (χ0n) is 13.2. The number of esters is 1. The lowest BCUT2D eigenvalue weighted by Crippen LogP contribution is -2.33. The monoisotopic (exact) mass is 375 g/mol. The first-order chi connectivity index (χ1) is 11.6. The second kappa shape index (κ2) is 7.26. The van der Waals surface area contributed by atoms with E-state index in [1.54, 1.807) is 0 Å². The van der Waals surface area contributed by atoms with Crippen LogP contribution in [0.25, 0.3) is 0 Å². The van der Waals surface area contributed by atoms with Crippen molar-refractivity contribution in [3.63, 3.8) is 0 Å². The molecule has 2 rings (SSSR count). The van der Waals surface area contributed by atoms with Gasteiger partial charge in [-0.15, -0.1) is 0 Å². The first kappa shape index (κ1) is 19.0. The molecule has 136 valence electrons. The zero-order chi connectivity index (χ0) is 18.8. The third-order valence-electron chi connectivity index (χ3n) is 3.44. The molecule has 0 spiro atoms. The highest BCUT2D eigenvalue weighted by Crippen LogP contribution is 2.28. The van der Waals surface area contributed by atoms with Crippen LogP contribution in [0.4, 0.5) is 14.5 Å². The summed E-state index contributed by atoms with van der Waals surface area (Å²) < 4.78 is 55.1. The smallest absolute Gasteiger partial charge is 0.321 e. The molecule has 0 aromatic heterocycles. The van der Waals surface area contributed by atoms with Crippen molar-refractivity contribution in [3.8, 4) is 0 Å². The number of hydrogen-bond acceptors (Lipinski definition) is 6. The molecule has 2 amide bonds. The Kier molecular flexibility index (Phi) is 5.51. The molecule has 25 heavy (non-hydrogen) atoms. The van der Waals surface area contributed by atoms with Gasteiger partial charge in [-0.05, 0) is 19.1 Å². The number of hydrogen-bond donors (Lipinski definition) is 0. The summed E-state index contributed by atoms with van der Waals surface area (Å²) in [6.45, 7) is 1.52. The van der Waals surface area contributed by atoms with E-state index in [1.807, 2.05) is 0 Å². The van der Waals surface area contributed by atoms with E-state index in [9.17, 15) is 31.6 Å². The van der Waals surface area contributed by atoms with Gasteiger partial charge in [0.25, 0.3) is 0 Å². The van der Waals surface area contributed by atoms with Crippen molar-refractivity contribution in [2.45, 2.75) is 13.3 Å². The minimum absolute atomic E-state index is 0.00805. The number of carbonyl (C=O) groups excluding carboxylic acids is 3. The maximum absolute atomic E-state index is 13.3. The number of ether oxygens (including phenoxy) is 1. The van der Waals surface area contributed by atoms with Crippen LogP contribution in [-0.4, -0.2) is 44.3 Å². The van der Waals surface area contributed by atoms with Gasteiger partial charge in [-0.3, -0.25) is 19.3 Å². The summed E-state index contributed by atoms with van der Waals surface area (Å²) in [5.41, 5.74) is -0.308. The number of halogens is 2.